The fourth-order valence-corrected chi connectivity index (χ4v) is 1.85. The Morgan fingerprint density at radius 2 is 1.90 bits per heavy atom. The van der Waals surface area contributed by atoms with Gasteiger partial charge in [-0.05, 0) is 12.1 Å². The van der Waals surface area contributed by atoms with Gasteiger partial charge in [-0.3, -0.25) is 4.79 Å². The molecule has 0 atom stereocenters. The van der Waals surface area contributed by atoms with Gasteiger partial charge in [0.25, 0.3) is 0 Å². The van der Waals surface area contributed by atoms with Gasteiger partial charge in [0, 0.05) is 19.4 Å². The molecule has 0 fully saturated rings. The predicted molar refractivity (Wildman–Crippen MR) is 69.4 cm³/mol. The molecule has 1 aliphatic heterocycles. The summed E-state index contributed by atoms with van der Waals surface area (Å²) in [5, 5.41) is 8.70. The van der Waals surface area contributed by atoms with E-state index in [2.05, 4.69) is 0 Å². The van der Waals surface area contributed by atoms with Crippen LogP contribution < -0.4 is 0 Å². The van der Waals surface area contributed by atoms with Crippen LogP contribution in [0, 0.1) is 11.3 Å². The average Bonchev–Trinajstić information content (AvgIpc) is 2.36. The molecule has 5 heteroatoms. The van der Waals surface area contributed by atoms with Crippen LogP contribution in [0.5, 0.6) is 0 Å². The maximum atomic E-state index is 12.1. The van der Waals surface area contributed by atoms with E-state index in [0.29, 0.717) is 11.1 Å². The van der Waals surface area contributed by atoms with Gasteiger partial charge in [-0.1, -0.05) is 12.1 Å². The van der Waals surface area contributed by atoms with Crippen LogP contribution in [0.4, 0.5) is 0 Å². The minimum absolute atomic E-state index is 0.0234. The fourth-order valence-electron chi connectivity index (χ4n) is 1.85. The van der Waals surface area contributed by atoms with Crippen molar-refractivity contribution in [3.63, 3.8) is 0 Å². The maximum absolute atomic E-state index is 12.1. The molecular formula is C15H13NO4. The first-order chi connectivity index (χ1) is 9.39. The number of carbonyl (C=O) groups excluding carboxylic acids is 2. The zero-order chi connectivity index (χ0) is 14.8. The number of Topliss-reactive ketones (excluding diaryl/α,β-unsaturated/α-hetero) is 1. The van der Waals surface area contributed by atoms with E-state index in [-0.39, 0.29) is 18.0 Å². The van der Waals surface area contributed by atoms with E-state index in [4.69, 9.17) is 14.7 Å². The molecule has 1 aliphatic rings. The summed E-state index contributed by atoms with van der Waals surface area (Å²) >= 11 is 0. The fraction of sp³-hybridized carbons (Fsp3) is 0.267. The first-order valence-corrected chi connectivity index (χ1v) is 6.05. The molecule has 0 saturated heterocycles. The second kappa shape index (κ2) is 5.17. The molecule has 0 spiro atoms. The molecule has 20 heavy (non-hydrogen) atoms. The van der Waals surface area contributed by atoms with Gasteiger partial charge in [0.1, 0.15) is 5.76 Å². The number of cyclic esters (lactones) is 1. The molecule has 0 N–H and O–H groups in total. The number of esters is 1. The molecular weight excluding hydrogens is 258 g/mol. The number of hydrogen-bond donors (Lipinski definition) is 0. The molecule has 1 aromatic rings. The predicted octanol–water partition coefficient (Wildman–Crippen LogP) is 2.32. The summed E-state index contributed by atoms with van der Waals surface area (Å²) in [7, 11) is 0. The molecule has 0 bridgehead atoms. The Bertz CT molecular complexity index is 620. The van der Waals surface area contributed by atoms with Crippen molar-refractivity contribution >= 4 is 11.8 Å². The smallest absolute Gasteiger partial charge is 0.337 e. The normalized spacial score (nSPS) is 16.4. The molecule has 0 amide bonds. The molecule has 2 rings (SSSR count). The third-order valence-electron chi connectivity index (χ3n) is 2.67. The summed E-state index contributed by atoms with van der Waals surface area (Å²) in [5.41, 5.74) is 0.949. The second-order valence-corrected chi connectivity index (χ2v) is 4.82. The highest BCUT2D eigenvalue weighted by Gasteiger charge is 2.30. The molecule has 0 aromatic heterocycles. The summed E-state index contributed by atoms with van der Waals surface area (Å²) in [6.07, 6.45) is 1.15. The zero-order valence-electron chi connectivity index (χ0n) is 11.2. The largest absolute Gasteiger partial charge is 0.456 e. The number of allylic oxidation sites excluding steroid dienone is 1. The lowest BCUT2D eigenvalue weighted by Crippen LogP contribution is -2.34. The van der Waals surface area contributed by atoms with Gasteiger partial charge in [0.15, 0.2) is 5.78 Å². The Labute approximate surface area is 116 Å². The minimum atomic E-state index is -1.06. The topological polar surface area (TPSA) is 76.4 Å². The zero-order valence-corrected chi connectivity index (χ0v) is 11.2. The quantitative estimate of drug-likeness (QED) is 0.623. The third kappa shape index (κ3) is 3.23. The Morgan fingerprint density at radius 3 is 2.45 bits per heavy atom. The van der Waals surface area contributed by atoms with E-state index in [0.717, 1.165) is 0 Å². The number of rotatable bonds is 3. The van der Waals surface area contributed by atoms with Crippen LogP contribution in [0.2, 0.25) is 0 Å². The van der Waals surface area contributed by atoms with E-state index in [9.17, 15) is 9.59 Å². The third-order valence-corrected chi connectivity index (χ3v) is 2.67. The van der Waals surface area contributed by atoms with E-state index in [1.54, 1.807) is 38.1 Å². The number of ether oxygens (including phenoxy) is 2. The van der Waals surface area contributed by atoms with E-state index < -0.39 is 11.8 Å². The summed E-state index contributed by atoms with van der Waals surface area (Å²) < 4.78 is 10.4. The van der Waals surface area contributed by atoms with Crippen LogP contribution >= 0.6 is 0 Å². The molecule has 0 saturated carbocycles. The molecule has 0 radical (unpaired) electrons. The summed E-state index contributed by atoms with van der Waals surface area (Å²) in [6.45, 7) is 3.20. The van der Waals surface area contributed by atoms with Gasteiger partial charge in [-0.25, -0.2) is 4.79 Å². The molecule has 1 heterocycles. The SMILES string of the molecule is CC1(C)OC(=O)C=C(CC(=O)c2ccc(C#N)cc2)O1. The number of nitrogens with zero attached hydrogens (tertiary/aromatic N) is 1. The van der Waals surface area contributed by atoms with Crippen LogP contribution in [0.3, 0.4) is 0 Å². The number of carbonyl (C=O) groups is 2. The highest BCUT2D eigenvalue weighted by Crippen LogP contribution is 2.24. The number of benzene rings is 1. The first-order valence-electron chi connectivity index (χ1n) is 6.05. The Kier molecular flexibility index (Phi) is 3.57. The Hall–Kier alpha value is -2.61. The monoisotopic (exact) mass is 271 g/mol. The maximum Gasteiger partial charge on any atom is 0.337 e. The van der Waals surface area contributed by atoms with Crippen molar-refractivity contribution in [2.75, 3.05) is 0 Å². The van der Waals surface area contributed by atoms with Crippen molar-refractivity contribution in [3.8, 4) is 6.07 Å². The molecule has 0 unspecified atom stereocenters. The lowest BCUT2D eigenvalue weighted by atomic mass is 10.1. The van der Waals surface area contributed by atoms with Crippen molar-refractivity contribution in [3.05, 3.63) is 47.2 Å². The summed E-state index contributed by atoms with van der Waals surface area (Å²) in [5.74, 6) is -1.50. The number of hydrogen-bond acceptors (Lipinski definition) is 5. The van der Waals surface area contributed by atoms with Crippen LogP contribution in [-0.4, -0.2) is 17.5 Å². The molecule has 1 aromatic carbocycles. The van der Waals surface area contributed by atoms with Crippen LogP contribution in [0.15, 0.2) is 36.1 Å². The molecule has 102 valence electrons. The van der Waals surface area contributed by atoms with Crippen LogP contribution in [0.25, 0.3) is 0 Å². The van der Waals surface area contributed by atoms with E-state index in [1.165, 1.54) is 6.08 Å². The van der Waals surface area contributed by atoms with Gasteiger partial charge >= 0.3 is 5.97 Å². The molecule has 0 aliphatic carbocycles. The highest BCUT2D eigenvalue weighted by molar-refractivity contribution is 5.98. The standard InChI is InChI=1S/C15H13NO4/c1-15(2)19-12(8-14(18)20-15)7-13(17)11-5-3-10(9-16)4-6-11/h3-6,8H,7H2,1-2H3. The van der Waals surface area contributed by atoms with E-state index in [1.807, 2.05) is 6.07 Å². The average molecular weight is 271 g/mol. The summed E-state index contributed by atoms with van der Waals surface area (Å²) in [6, 6.07) is 8.28. The number of ketones is 1. The van der Waals surface area contributed by atoms with Crippen LogP contribution in [-0.2, 0) is 14.3 Å². The van der Waals surface area contributed by atoms with Crippen molar-refractivity contribution in [2.24, 2.45) is 0 Å². The van der Waals surface area contributed by atoms with Gasteiger partial charge in [0.2, 0.25) is 5.79 Å². The van der Waals surface area contributed by atoms with Crippen molar-refractivity contribution in [2.45, 2.75) is 26.1 Å². The van der Waals surface area contributed by atoms with Gasteiger partial charge < -0.3 is 9.47 Å². The second-order valence-electron chi connectivity index (χ2n) is 4.82. The van der Waals surface area contributed by atoms with Crippen molar-refractivity contribution in [1.29, 1.82) is 5.26 Å². The Morgan fingerprint density at radius 1 is 1.25 bits per heavy atom. The number of nitriles is 1. The van der Waals surface area contributed by atoms with Gasteiger partial charge in [-0.2, -0.15) is 5.26 Å². The molecule has 5 nitrogen and oxygen atoms in total. The van der Waals surface area contributed by atoms with Crippen molar-refractivity contribution < 1.29 is 19.1 Å². The van der Waals surface area contributed by atoms with Crippen LogP contribution in [0.1, 0.15) is 36.2 Å². The lowest BCUT2D eigenvalue weighted by Gasteiger charge is -2.30. The summed E-state index contributed by atoms with van der Waals surface area (Å²) in [4.78, 5) is 23.4. The Balaban J connectivity index is 2.11. The lowest BCUT2D eigenvalue weighted by molar-refractivity contribution is -0.205. The van der Waals surface area contributed by atoms with E-state index >= 15 is 0 Å². The minimum Gasteiger partial charge on any atom is -0.456 e. The van der Waals surface area contributed by atoms with Crippen molar-refractivity contribution in [1.82, 2.24) is 0 Å². The van der Waals surface area contributed by atoms with Gasteiger partial charge in [0.05, 0.1) is 24.1 Å². The highest BCUT2D eigenvalue weighted by atomic mass is 16.7. The first kappa shape index (κ1) is 13.8. The van der Waals surface area contributed by atoms with Gasteiger partial charge in [-0.15, -0.1) is 0 Å².